The van der Waals surface area contributed by atoms with Gasteiger partial charge in [-0.25, -0.2) is 0 Å². The molecule has 0 aliphatic rings. The molecule has 0 aliphatic carbocycles. The van der Waals surface area contributed by atoms with Crippen LogP contribution in [0.3, 0.4) is 0 Å². The van der Waals surface area contributed by atoms with Crippen molar-refractivity contribution in [1.29, 1.82) is 0 Å². The number of rotatable bonds is 40. The molecule has 0 aromatic carbocycles. The minimum Gasteiger partial charge on any atom is -0.462 e. The summed E-state index contributed by atoms with van der Waals surface area (Å²) in [4.78, 5) is 37.7. The van der Waals surface area contributed by atoms with Crippen LogP contribution in [-0.2, 0) is 28.6 Å². The SMILES string of the molecule is CC/C=C\C/C=C\C/C=C\CCCCC(=O)OC(COC(=O)CCC/C=C\CCCCCC)COC(=O)CCCCCCCCC/C=C\C/C=C\CCCCC. The second kappa shape index (κ2) is 44.6. The van der Waals surface area contributed by atoms with Crippen LogP contribution in [0.15, 0.2) is 72.9 Å². The van der Waals surface area contributed by atoms with Gasteiger partial charge in [0.25, 0.3) is 0 Å². The summed E-state index contributed by atoms with van der Waals surface area (Å²) in [6.45, 7) is 6.37. The van der Waals surface area contributed by atoms with Crippen LogP contribution in [0.4, 0.5) is 0 Å². The van der Waals surface area contributed by atoms with E-state index in [1.54, 1.807) is 0 Å². The highest BCUT2D eigenvalue weighted by atomic mass is 16.6. The van der Waals surface area contributed by atoms with Crippen LogP contribution in [0.1, 0.15) is 207 Å². The van der Waals surface area contributed by atoms with Crippen LogP contribution in [0.2, 0.25) is 0 Å². The highest BCUT2D eigenvalue weighted by Crippen LogP contribution is 2.12. The van der Waals surface area contributed by atoms with E-state index < -0.39 is 6.10 Å². The largest absolute Gasteiger partial charge is 0.462 e. The molecule has 0 heterocycles. The number of allylic oxidation sites excluding steroid dienone is 12. The first-order valence-electron chi connectivity index (χ1n) is 22.9. The van der Waals surface area contributed by atoms with E-state index in [0.717, 1.165) is 77.0 Å². The molecule has 0 aromatic heterocycles. The van der Waals surface area contributed by atoms with Crippen molar-refractivity contribution in [2.45, 2.75) is 213 Å². The predicted molar refractivity (Wildman–Crippen MR) is 238 cm³/mol. The van der Waals surface area contributed by atoms with Gasteiger partial charge >= 0.3 is 17.9 Å². The molecule has 0 spiro atoms. The van der Waals surface area contributed by atoms with Crippen LogP contribution < -0.4 is 0 Å². The first-order chi connectivity index (χ1) is 27.5. The molecule has 0 aliphatic heterocycles. The molecule has 6 nitrogen and oxygen atoms in total. The van der Waals surface area contributed by atoms with E-state index in [1.807, 2.05) is 0 Å². The van der Waals surface area contributed by atoms with E-state index >= 15 is 0 Å². The number of carbonyl (C=O) groups is 3. The molecule has 0 fully saturated rings. The Morgan fingerprint density at radius 2 is 0.714 bits per heavy atom. The molecule has 0 N–H and O–H groups in total. The molecule has 0 saturated heterocycles. The van der Waals surface area contributed by atoms with Gasteiger partial charge in [0.1, 0.15) is 13.2 Å². The zero-order chi connectivity index (χ0) is 40.8. The fourth-order valence-corrected chi connectivity index (χ4v) is 5.96. The number of esters is 3. The fraction of sp³-hybridized carbons (Fsp3) is 0.700. The zero-order valence-corrected chi connectivity index (χ0v) is 36.4. The molecule has 320 valence electrons. The van der Waals surface area contributed by atoms with Crippen LogP contribution >= 0.6 is 0 Å². The smallest absolute Gasteiger partial charge is 0.306 e. The summed E-state index contributed by atoms with van der Waals surface area (Å²) in [7, 11) is 0. The van der Waals surface area contributed by atoms with Crippen molar-refractivity contribution in [2.75, 3.05) is 13.2 Å². The molecular weight excluding hydrogens is 697 g/mol. The van der Waals surface area contributed by atoms with Crippen LogP contribution in [-0.4, -0.2) is 37.2 Å². The first kappa shape index (κ1) is 52.9. The monoisotopic (exact) mass is 781 g/mol. The Kier molecular flexibility index (Phi) is 42.1. The summed E-state index contributed by atoms with van der Waals surface area (Å²) in [5, 5.41) is 0. The molecule has 1 unspecified atom stereocenters. The van der Waals surface area contributed by atoms with Crippen molar-refractivity contribution in [2.24, 2.45) is 0 Å². The number of carbonyl (C=O) groups excluding carboxylic acids is 3. The van der Waals surface area contributed by atoms with Gasteiger partial charge in [-0.3, -0.25) is 14.4 Å². The Labute approximate surface area is 344 Å². The van der Waals surface area contributed by atoms with E-state index in [9.17, 15) is 14.4 Å². The molecule has 0 bridgehead atoms. The lowest BCUT2D eigenvalue weighted by Crippen LogP contribution is -2.30. The third kappa shape index (κ3) is 42.0. The molecule has 0 saturated carbocycles. The Hall–Kier alpha value is -3.15. The minimum absolute atomic E-state index is 0.104. The van der Waals surface area contributed by atoms with Crippen LogP contribution in [0.25, 0.3) is 0 Å². The summed E-state index contributed by atoms with van der Waals surface area (Å²) >= 11 is 0. The molecule has 0 radical (unpaired) electrons. The van der Waals surface area contributed by atoms with Crippen molar-refractivity contribution >= 4 is 17.9 Å². The summed E-state index contributed by atoms with van der Waals surface area (Å²) in [6.07, 6.45) is 54.7. The maximum absolute atomic E-state index is 12.7. The average molecular weight is 781 g/mol. The highest BCUT2D eigenvalue weighted by Gasteiger charge is 2.19. The lowest BCUT2D eigenvalue weighted by Gasteiger charge is -2.18. The van der Waals surface area contributed by atoms with Gasteiger partial charge in [-0.1, -0.05) is 158 Å². The van der Waals surface area contributed by atoms with E-state index in [2.05, 4.69) is 93.7 Å². The lowest BCUT2D eigenvalue weighted by atomic mass is 10.1. The number of hydrogen-bond donors (Lipinski definition) is 0. The normalized spacial score (nSPS) is 12.7. The Balaban J connectivity index is 4.42. The molecule has 1 atom stereocenters. The maximum atomic E-state index is 12.7. The van der Waals surface area contributed by atoms with Crippen molar-refractivity contribution in [3.05, 3.63) is 72.9 Å². The lowest BCUT2D eigenvalue weighted by molar-refractivity contribution is -0.167. The standard InChI is InChI=1S/C50H84O6/c1-4-7-10-13-16-19-21-23-24-25-26-27-29-31-34-37-40-43-49(52)55-46-47(45-54-48(51)42-39-36-33-30-18-15-12-9-6-3)56-50(53)44-41-38-35-32-28-22-20-17-14-11-8-5-2/h8,11,16-17,19-20,23-24,28,30,32-33,47H,4-7,9-10,12-15,18,21-22,25-27,29,31,34-46H2,1-3H3/b11-8-,19-16-,20-17-,24-23-,32-28-,33-30-. The fourth-order valence-electron chi connectivity index (χ4n) is 5.96. The molecular formula is C50H84O6. The van der Waals surface area contributed by atoms with E-state index in [1.165, 1.54) is 77.0 Å². The Morgan fingerprint density at radius 1 is 0.375 bits per heavy atom. The third-order valence-electron chi connectivity index (χ3n) is 9.41. The highest BCUT2D eigenvalue weighted by molar-refractivity contribution is 5.71. The predicted octanol–water partition coefficient (Wildman–Crippen LogP) is 14.7. The Morgan fingerprint density at radius 3 is 1.25 bits per heavy atom. The minimum atomic E-state index is -0.806. The van der Waals surface area contributed by atoms with Gasteiger partial charge in [-0.05, 0) is 103 Å². The average Bonchev–Trinajstić information content (AvgIpc) is 3.19. The van der Waals surface area contributed by atoms with Gasteiger partial charge < -0.3 is 14.2 Å². The van der Waals surface area contributed by atoms with Crippen molar-refractivity contribution in [3.8, 4) is 0 Å². The van der Waals surface area contributed by atoms with E-state index in [0.29, 0.717) is 25.7 Å². The molecule has 0 aromatic rings. The first-order valence-corrected chi connectivity index (χ1v) is 22.9. The van der Waals surface area contributed by atoms with E-state index in [-0.39, 0.29) is 37.5 Å². The van der Waals surface area contributed by atoms with Crippen LogP contribution in [0.5, 0.6) is 0 Å². The number of ether oxygens (including phenoxy) is 3. The summed E-state index contributed by atoms with van der Waals surface area (Å²) in [6, 6.07) is 0. The van der Waals surface area contributed by atoms with Gasteiger partial charge in [0.05, 0.1) is 0 Å². The van der Waals surface area contributed by atoms with Crippen molar-refractivity contribution in [3.63, 3.8) is 0 Å². The van der Waals surface area contributed by atoms with Gasteiger partial charge in [0.15, 0.2) is 6.10 Å². The number of hydrogen-bond acceptors (Lipinski definition) is 6. The zero-order valence-electron chi connectivity index (χ0n) is 36.4. The van der Waals surface area contributed by atoms with E-state index in [4.69, 9.17) is 14.2 Å². The summed E-state index contributed by atoms with van der Waals surface area (Å²) in [5.74, 6) is -0.995. The van der Waals surface area contributed by atoms with Gasteiger partial charge in [-0.2, -0.15) is 0 Å². The van der Waals surface area contributed by atoms with Gasteiger partial charge in [0.2, 0.25) is 0 Å². The van der Waals surface area contributed by atoms with Crippen LogP contribution in [0, 0.1) is 0 Å². The maximum Gasteiger partial charge on any atom is 0.306 e. The summed E-state index contributed by atoms with van der Waals surface area (Å²) in [5.41, 5.74) is 0. The third-order valence-corrected chi connectivity index (χ3v) is 9.41. The molecule has 56 heavy (non-hydrogen) atoms. The second-order valence-corrected chi connectivity index (χ2v) is 14.9. The topological polar surface area (TPSA) is 78.9 Å². The Bertz CT molecular complexity index is 1080. The van der Waals surface area contributed by atoms with Crippen molar-refractivity contribution in [1.82, 2.24) is 0 Å². The molecule has 6 heteroatoms. The van der Waals surface area contributed by atoms with Crippen molar-refractivity contribution < 1.29 is 28.6 Å². The van der Waals surface area contributed by atoms with Gasteiger partial charge in [-0.15, -0.1) is 0 Å². The quantitative estimate of drug-likeness (QED) is 0.0267. The summed E-state index contributed by atoms with van der Waals surface area (Å²) < 4.78 is 16.6. The molecule has 0 rings (SSSR count). The van der Waals surface area contributed by atoms with Gasteiger partial charge in [0, 0.05) is 19.3 Å². The second-order valence-electron chi connectivity index (χ2n) is 14.9. The number of unbranched alkanes of at least 4 members (excludes halogenated alkanes) is 17. The molecule has 0 amide bonds.